The highest BCUT2D eigenvalue weighted by Gasteiger charge is 2.64. The lowest BCUT2D eigenvalue weighted by Gasteiger charge is -2.50. The minimum absolute atomic E-state index is 0.101. The molecule has 0 aromatic heterocycles. The highest BCUT2D eigenvalue weighted by Crippen LogP contribution is 2.53. The van der Waals surface area contributed by atoms with Crippen molar-refractivity contribution in [1.29, 1.82) is 0 Å². The maximum Gasteiger partial charge on any atom is 0.255 e. The lowest BCUT2D eigenvalue weighted by atomic mass is 9.57. The second-order valence-electron chi connectivity index (χ2n) is 11.3. The Labute approximate surface area is 215 Å². The van der Waals surface area contributed by atoms with Gasteiger partial charge in [-0.3, -0.25) is 19.3 Å². The van der Waals surface area contributed by atoms with Crippen molar-refractivity contribution in [2.45, 2.75) is 63.0 Å². The van der Waals surface area contributed by atoms with Crippen LogP contribution in [0.4, 0.5) is 0 Å². The normalized spacial score (nSPS) is 30.3. The summed E-state index contributed by atoms with van der Waals surface area (Å²) in [5.41, 5.74) is 3.79. The number of fused-ring (bicyclic) bond motifs is 3. The van der Waals surface area contributed by atoms with Gasteiger partial charge in [-0.15, -0.1) is 0 Å². The first kappa shape index (κ1) is 25.5. The molecule has 2 saturated carbocycles. The van der Waals surface area contributed by atoms with Gasteiger partial charge in [-0.1, -0.05) is 38.2 Å². The molecule has 5 rings (SSSR count). The number of amides is 1. The summed E-state index contributed by atoms with van der Waals surface area (Å²) >= 11 is 0. The first-order valence-corrected chi connectivity index (χ1v) is 13.0. The number of nitrogens with two attached hydrogens (primary N) is 1. The molecule has 37 heavy (non-hydrogen) atoms. The molecule has 1 aromatic rings. The van der Waals surface area contributed by atoms with Gasteiger partial charge >= 0.3 is 0 Å². The predicted octanol–water partition coefficient (Wildman–Crippen LogP) is 2.09. The number of aromatic hydroxyl groups is 1. The largest absolute Gasteiger partial charge is 0.508 e. The van der Waals surface area contributed by atoms with Gasteiger partial charge in [0.05, 0.1) is 11.6 Å². The quantitative estimate of drug-likeness (QED) is 0.385. The fourth-order valence-corrected chi connectivity index (χ4v) is 7.20. The Bertz CT molecular complexity index is 1260. The van der Waals surface area contributed by atoms with Crippen LogP contribution in [0, 0.1) is 17.8 Å². The van der Waals surface area contributed by atoms with Gasteiger partial charge in [0.1, 0.15) is 22.8 Å². The number of hydrogen-bond acceptors (Lipinski definition) is 8. The van der Waals surface area contributed by atoms with Gasteiger partial charge in [0.25, 0.3) is 5.91 Å². The second-order valence-corrected chi connectivity index (χ2v) is 11.3. The molecule has 1 amide bonds. The molecule has 0 heterocycles. The Morgan fingerprint density at radius 1 is 1.11 bits per heavy atom. The predicted molar refractivity (Wildman–Crippen MR) is 135 cm³/mol. The topological polar surface area (TPSA) is 161 Å². The average molecular weight is 511 g/mol. The molecule has 0 saturated heterocycles. The zero-order chi connectivity index (χ0) is 26.8. The summed E-state index contributed by atoms with van der Waals surface area (Å²) in [5, 5.41) is 44.6. The molecule has 0 aliphatic heterocycles. The van der Waals surface area contributed by atoms with E-state index in [1.807, 2.05) is 6.07 Å². The van der Waals surface area contributed by atoms with Crippen molar-refractivity contribution in [2.24, 2.45) is 23.5 Å². The Hall–Kier alpha value is -3.17. The van der Waals surface area contributed by atoms with Crippen LogP contribution in [-0.4, -0.2) is 68.5 Å². The van der Waals surface area contributed by atoms with Gasteiger partial charge < -0.3 is 26.2 Å². The second kappa shape index (κ2) is 8.99. The van der Waals surface area contributed by atoms with Gasteiger partial charge in [0.15, 0.2) is 11.4 Å². The first-order valence-electron chi connectivity index (χ1n) is 13.0. The molecule has 0 radical (unpaired) electrons. The van der Waals surface area contributed by atoms with Crippen molar-refractivity contribution in [2.75, 3.05) is 14.1 Å². The number of nitrogens with zero attached hydrogens (tertiary/aromatic N) is 1. The Morgan fingerprint density at radius 3 is 2.41 bits per heavy atom. The SMILES string of the molecule is CN(C)[C@@H]1C(=O)C(C(N)=O)=C(O)[C@@]2(O)C(=O)C3=C(O)c4c(O)ccc(CC5CCCCC5)c4C[C@H]3C[C@@H]12. The van der Waals surface area contributed by atoms with Gasteiger partial charge in [0.2, 0.25) is 5.78 Å². The minimum Gasteiger partial charge on any atom is -0.508 e. The highest BCUT2D eigenvalue weighted by molar-refractivity contribution is 6.24. The van der Waals surface area contributed by atoms with Crippen LogP contribution >= 0.6 is 0 Å². The number of Topliss-reactive ketones (excluding diaryl/α,β-unsaturated/α-hetero) is 2. The van der Waals surface area contributed by atoms with Crippen molar-refractivity contribution in [3.63, 3.8) is 0 Å². The number of carbonyl (C=O) groups excluding carboxylic acids is 3. The van der Waals surface area contributed by atoms with E-state index in [9.17, 15) is 34.8 Å². The van der Waals surface area contributed by atoms with Crippen LogP contribution < -0.4 is 5.73 Å². The third-order valence-corrected chi connectivity index (χ3v) is 8.93. The molecular weight excluding hydrogens is 476 g/mol. The Kier molecular flexibility index (Phi) is 6.19. The molecule has 9 heteroatoms. The molecule has 1 aromatic carbocycles. The fourth-order valence-electron chi connectivity index (χ4n) is 7.20. The van der Waals surface area contributed by atoms with Crippen LogP contribution in [0.3, 0.4) is 0 Å². The summed E-state index contributed by atoms with van der Waals surface area (Å²) in [7, 11) is 3.18. The number of aliphatic hydroxyl groups excluding tert-OH is 2. The Balaban J connectivity index is 1.65. The van der Waals surface area contributed by atoms with Crippen molar-refractivity contribution in [3.8, 4) is 5.75 Å². The van der Waals surface area contributed by atoms with Crippen LogP contribution in [0.15, 0.2) is 29.0 Å². The molecule has 0 unspecified atom stereocenters. The van der Waals surface area contributed by atoms with Crippen molar-refractivity contribution < 1.29 is 34.8 Å². The van der Waals surface area contributed by atoms with Crippen molar-refractivity contribution in [3.05, 3.63) is 45.7 Å². The van der Waals surface area contributed by atoms with E-state index in [1.54, 1.807) is 14.1 Å². The zero-order valence-corrected chi connectivity index (χ0v) is 21.2. The van der Waals surface area contributed by atoms with Gasteiger partial charge in [-0.25, -0.2) is 0 Å². The molecule has 4 aliphatic rings. The number of hydrogen-bond donors (Lipinski definition) is 5. The summed E-state index contributed by atoms with van der Waals surface area (Å²) in [6.07, 6.45) is 7.10. The third kappa shape index (κ3) is 3.70. The number of aliphatic hydroxyl groups is 3. The smallest absolute Gasteiger partial charge is 0.255 e. The lowest BCUT2D eigenvalue weighted by Crippen LogP contribution is -2.65. The molecule has 2 fully saturated rings. The number of likely N-dealkylation sites (N-methyl/N-ethyl adjacent to an activating group) is 1. The first-order chi connectivity index (χ1) is 17.5. The monoisotopic (exact) mass is 510 g/mol. The number of primary amides is 1. The molecule has 4 aliphatic carbocycles. The number of benzene rings is 1. The van der Waals surface area contributed by atoms with Gasteiger partial charge in [-0.05, 0) is 62.4 Å². The minimum atomic E-state index is -2.61. The van der Waals surface area contributed by atoms with E-state index in [0.29, 0.717) is 12.3 Å². The number of ketones is 2. The van der Waals surface area contributed by atoms with Crippen LogP contribution in [0.5, 0.6) is 5.75 Å². The molecule has 9 nitrogen and oxygen atoms in total. The summed E-state index contributed by atoms with van der Waals surface area (Å²) in [4.78, 5) is 40.6. The molecule has 0 spiro atoms. The number of phenolic OH excluding ortho intramolecular Hbond substituents is 1. The van der Waals surface area contributed by atoms with Gasteiger partial charge in [0, 0.05) is 11.5 Å². The van der Waals surface area contributed by atoms with E-state index in [-0.39, 0.29) is 23.3 Å². The van der Waals surface area contributed by atoms with E-state index in [0.717, 1.165) is 30.4 Å². The van der Waals surface area contributed by atoms with Crippen LogP contribution in [0.1, 0.15) is 55.2 Å². The van der Waals surface area contributed by atoms with Crippen molar-refractivity contribution in [1.82, 2.24) is 4.90 Å². The Morgan fingerprint density at radius 2 is 1.78 bits per heavy atom. The third-order valence-electron chi connectivity index (χ3n) is 8.93. The number of phenols is 1. The molecule has 6 N–H and O–H groups in total. The van der Waals surface area contributed by atoms with E-state index in [4.69, 9.17) is 5.73 Å². The van der Waals surface area contributed by atoms with Crippen LogP contribution in [0.25, 0.3) is 5.76 Å². The lowest BCUT2D eigenvalue weighted by molar-refractivity contribution is -0.153. The molecule has 198 valence electrons. The number of carbonyl (C=O) groups is 3. The van der Waals surface area contributed by atoms with E-state index < -0.39 is 58.0 Å². The van der Waals surface area contributed by atoms with E-state index in [1.165, 1.54) is 30.2 Å². The fraction of sp³-hybridized carbons (Fsp3) is 0.536. The maximum absolute atomic E-state index is 13.9. The average Bonchev–Trinajstić information content (AvgIpc) is 2.83. The summed E-state index contributed by atoms with van der Waals surface area (Å²) in [5.74, 6) is -5.75. The standard InChI is InChI=1S/C28H34N2O7/c1-30(2)22-17-12-15-11-16-14(10-13-6-4-3-5-7-13)8-9-18(31)20(16)23(32)19(15)25(34)28(17,37)26(35)21(24(22)33)27(29)36/h8-9,13,15,17,22,31-32,35,37H,3-7,10-12H2,1-2H3,(H2,29,36)/t15-,17-,22-,28-/m0/s1. The summed E-state index contributed by atoms with van der Waals surface area (Å²) in [6, 6.07) is 2.31. The van der Waals surface area contributed by atoms with Crippen molar-refractivity contribution >= 4 is 23.2 Å². The molecule has 0 bridgehead atoms. The highest BCUT2D eigenvalue weighted by atomic mass is 16.3. The van der Waals surface area contributed by atoms with Gasteiger partial charge in [-0.2, -0.15) is 0 Å². The molecule has 4 atom stereocenters. The van der Waals surface area contributed by atoms with Crippen LogP contribution in [0.2, 0.25) is 0 Å². The maximum atomic E-state index is 13.9. The van der Waals surface area contributed by atoms with E-state index >= 15 is 0 Å². The summed E-state index contributed by atoms with van der Waals surface area (Å²) < 4.78 is 0. The molecular formula is C28H34N2O7. The summed E-state index contributed by atoms with van der Waals surface area (Å²) in [6.45, 7) is 0. The zero-order valence-electron chi connectivity index (χ0n) is 21.2. The van der Waals surface area contributed by atoms with Crippen LogP contribution in [-0.2, 0) is 27.2 Å². The number of rotatable bonds is 4. The van der Waals surface area contributed by atoms with E-state index in [2.05, 4.69) is 0 Å².